The van der Waals surface area contributed by atoms with E-state index in [9.17, 15) is 8.78 Å². The molecule has 2 unspecified atom stereocenters. The highest BCUT2D eigenvalue weighted by molar-refractivity contribution is 5.61. The quantitative estimate of drug-likeness (QED) is 0.702. The highest BCUT2D eigenvalue weighted by Gasteiger charge is 2.54. The normalized spacial score (nSPS) is 22.6. The number of ether oxygens (including phenoxy) is 1. The van der Waals surface area contributed by atoms with Crippen molar-refractivity contribution in [2.45, 2.75) is 6.04 Å². The average Bonchev–Trinajstić information content (AvgIpc) is 3.10. The van der Waals surface area contributed by atoms with Crippen LogP contribution in [0.25, 0.3) is 11.4 Å². The molecule has 2 fully saturated rings. The van der Waals surface area contributed by atoms with E-state index in [0.29, 0.717) is 36.7 Å². The van der Waals surface area contributed by atoms with E-state index < -0.39 is 11.6 Å². The monoisotopic (exact) mass is 382 g/mol. The van der Waals surface area contributed by atoms with Crippen LogP contribution in [0.3, 0.4) is 0 Å². The summed E-state index contributed by atoms with van der Waals surface area (Å²) in [7, 11) is 0. The van der Waals surface area contributed by atoms with Crippen LogP contribution >= 0.6 is 0 Å². The Bertz CT molecular complexity index is 1020. The second kappa shape index (κ2) is 6.75. The maximum atomic E-state index is 14.3. The summed E-state index contributed by atoms with van der Waals surface area (Å²) in [5, 5.41) is 6.20. The van der Waals surface area contributed by atoms with Gasteiger partial charge in [-0.15, -0.1) is 0 Å². The first kappa shape index (κ1) is 16.9. The Morgan fingerprint density at radius 3 is 2.54 bits per heavy atom. The van der Waals surface area contributed by atoms with E-state index >= 15 is 0 Å². The van der Waals surface area contributed by atoms with Crippen LogP contribution in [-0.2, 0) is 4.74 Å². The standard InChI is InChI=1S/C19H16F2N6O/c20-10-5-11(7-22-6-10)23-18-25-17(12-3-1-2-4-15(12)21)26-19(27-18)24-16-13-8-28-9-14(13)16/h1-7,13-14,16H,8-9H2,(H2,23,24,25,26,27). The average molecular weight is 382 g/mol. The summed E-state index contributed by atoms with van der Waals surface area (Å²) < 4.78 is 33.1. The molecule has 9 heteroatoms. The van der Waals surface area contributed by atoms with Crippen LogP contribution in [0.2, 0.25) is 0 Å². The van der Waals surface area contributed by atoms with Gasteiger partial charge in [-0.05, 0) is 12.1 Å². The molecule has 7 nitrogen and oxygen atoms in total. The predicted molar refractivity (Wildman–Crippen MR) is 97.9 cm³/mol. The van der Waals surface area contributed by atoms with Gasteiger partial charge < -0.3 is 15.4 Å². The fourth-order valence-electron chi connectivity index (χ4n) is 3.47. The molecular formula is C19H16F2N6O. The topological polar surface area (TPSA) is 84.9 Å². The number of anilines is 3. The van der Waals surface area contributed by atoms with E-state index in [1.54, 1.807) is 18.2 Å². The lowest BCUT2D eigenvalue weighted by molar-refractivity contribution is 0.162. The Morgan fingerprint density at radius 1 is 0.964 bits per heavy atom. The van der Waals surface area contributed by atoms with Crippen molar-refractivity contribution >= 4 is 17.6 Å². The molecule has 1 saturated heterocycles. The first-order chi connectivity index (χ1) is 13.7. The summed E-state index contributed by atoms with van der Waals surface area (Å²) >= 11 is 0. The van der Waals surface area contributed by atoms with Crippen molar-refractivity contribution in [3.05, 3.63) is 54.4 Å². The Kier molecular flexibility index (Phi) is 4.09. The van der Waals surface area contributed by atoms with Crippen LogP contribution < -0.4 is 10.6 Å². The fraction of sp³-hybridized carbons (Fsp3) is 0.263. The smallest absolute Gasteiger partial charge is 0.232 e. The van der Waals surface area contributed by atoms with Gasteiger partial charge in [0.15, 0.2) is 5.82 Å². The van der Waals surface area contributed by atoms with Crippen molar-refractivity contribution in [1.82, 2.24) is 19.9 Å². The van der Waals surface area contributed by atoms with Gasteiger partial charge in [-0.2, -0.15) is 15.0 Å². The molecular weight excluding hydrogens is 366 g/mol. The fourth-order valence-corrected chi connectivity index (χ4v) is 3.47. The van der Waals surface area contributed by atoms with Crippen LogP contribution in [0.5, 0.6) is 0 Å². The summed E-state index contributed by atoms with van der Waals surface area (Å²) in [5.41, 5.74) is 0.640. The van der Waals surface area contributed by atoms with Crippen LogP contribution in [-0.4, -0.2) is 39.2 Å². The molecule has 1 aliphatic heterocycles. The molecule has 2 atom stereocenters. The van der Waals surface area contributed by atoms with Gasteiger partial charge in [-0.3, -0.25) is 4.98 Å². The van der Waals surface area contributed by atoms with E-state index in [1.807, 2.05) is 0 Å². The first-order valence-electron chi connectivity index (χ1n) is 8.90. The van der Waals surface area contributed by atoms with Gasteiger partial charge in [-0.1, -0.05) is 12.1 Å². The minimum Gasteiger partial charge on any atom is -0.381 e. The molecule has 0 spiro atoms. The number of nitrogens with zero attached hydrogens (tertiary/aromatic N) is 4. The van der Waals surface area contributed by atoms with Crippen LogP contribution in [0.15, 0.2) is 42.7 Å². The van der Waals surface area contributed by atoms with Crippen molar-refractivity contribution in [2.75, 3.05) is 23.8 Å². The molecule has 5 rings (SSSR count). The summed E-state index contributed by atoms with van der Waals surface area (Å²) in [5.74, 6) is 0.650. The lowest BCUT2D eigenvalue weighted by atomic mass is 10.2. The molecule has 2 aromatic heterocycles. The van der Waals surface area contributed by atoms with Gasteiger partial charge in [-0.25, -0.2) is 8.78 Å². The lowest BCUT2D eigenvalue weighted by Gasteiger charge is -2.12. The zero-order valence-electron chi connectivity index (χ0n) is 14.6. The van der Waals surface area contributed by atoms with E-state index in [2.05, 4.69) is 30.6 Å². The Balaban J connectivity index is 1.49. The van der Waals surface area contributed by atoms with E-state index in [0.717, 1.165) is 6.20 Å². The molecule has 0 bridgehead atoms. The van der Waals surface area contributed by atoms with Crippen molar-refractivity contribution in [1.29, 1.82) is 0 Å². The number of hydrogen-bond donors (Lipinski definition) is 2. The number of benzene rings is 1. The SMILES string of the molecule is Fc1cncc(Nc2nc(NC3C4COCC43)nc(-c3ccccc3F)n2)c1. The molecule has 0 radical (unpaired) electrons. The Morgan fingerprint density at radius 2 is 1.75 bits per heavy atom. The van der Waals surface area contributed by atoms with Crippen LogP contribution in [0.4, 0.5) is 26.4 Å². The molecule has 142 valence electrons. The van der Waals surface area contributed by atoms with Crippen molar-refractivity contribution in [2.24, 2.45) is 11.8 Å². The lowest BCUT2D eigenvalue weighted by Crippen LogP contribution is -2.16. The molecule has 1 saturated carbocycles. The molecule has 2 N–H and O–H groups in total. The zero-order valence-corrected chi connectivity index (χ0v) is 14.6. The largest absolute Gasteiger partial charge is 0.381 e. The minimum atomic E-state index is -0.488. The Labute approximate surface area is 159 Å². The van der Waals surface area contributed by atoms with Gasteiger partial charge in [0.1, 0.15) is 11.6 Å². The molecule has 2 aliphatic rings. The predicted octanol–water partition coefficient (Wildman–Crippen LogP) is 3.01. The molecule has 1 aromatic carbocycles. The number of hydrogen-bond acceptors (Lipinski definition) is 7. The second-order valence-electron chi connectivity index (χ2n) is 6.84. The number of fused-ring (bicyclic) bond motifs is 1. The van der Waals surface area contributed by atoms with E-state index in [1.165, 1.54) is 18.3 Å². The van der Waals surface area contributed by atoms with Crippen molar-refractivity contribution in [3.8, 4) is 11.4 Å². The van der Waals surface area contributed by atoms with Gasteiger partial charge in [0.2, 0.25) is 11.9 Å². The zero-order chi connectivity index (χ0) is 19.1. The maximum Gasteiger partial charge on any atom is 0.232 e. The molecule has 1 aliphatic carbocycles. The third-order valence-electron chi connectivity index (χ3n) is 4.96. The van der Waals surface area contributed by atoms with Crippen LogP contribution in [0.1, 0.15) is 0 Å². The third kappa shape index (κ3) is 3.24. The van der Waals surface area contributed by atoms with Gasteiger partial charge in [0, 0.05) is 23.9 Å². The highest BCUT2D eigenvalue weighted by Crippen LogP contribution is 2.45. The van der Waals surface area contributed by atoms with Gasteiger partial charge in [0.05, 0.1) is 36.9 Å². The highest BCUT2D eigenvalue weighted by atomic mass is 19.1. The van der Waals surface area contributed by atoms with Crippen LogP contribution in [0, 0.1) is 23.5 Å². The number of aromatic nitrogens is 4. The third-order valence-corrected chi connectivity index (χ3v) is 4.96. The van der Waals surface area contributed by atoms with Gasteiger partial charge >= 0.3 is 0 Å². The maximum absolute atomic E-state index is 14.3. The number of halogens is 2. The van der Waals surface area contributed by atoms with E-state index in [4.69, 9.17) is 4.74 Å². The summed E-state index contributed by atoms with van der Waals surface area (Å²) in [6.45, 7) is 1.43. The summed E-state index contributed by atoms with van der Waals surface area (Å²) in [6.07, 6.45) is 2.55. The van der Waals surface area contributed by atoms with E-state index in [-0.39, 0.29) is 23.4 Å². The first-order valence-corrected chi connectivity index (χ1v) is 8.90. The summed E-state index contributed by atoms with van der Waals surface area (Å²) in [6, 6.07) is 7.76. The molecule has 3 heterocycles. The van der Waals surface area contributed by atoms with Gasteiger partial charge in [0.25, 0.3) is 0 Å². The number of pyridine rings is 1. The molecule has 28 heavy (non-hydrogen) atoms. The second-order valence-corrected chi connectivity index (χ2v) is 6.84. The number of nitrogens with one attached hydrogen (secondary N) is 2. The summed E-state index contributed by atoms with van der Waals surface area (Å²) in [4.78, 5) is 16.8. The van der Waals surface area contributed by atoms with Crippen molar-refractivity contribution < 1.29 is 13.5 Å². The van der Waals surface area contributed by atoms with Crippen molar-refractivity contribution in [3.63, 3.8) is 0 Å². The Hall–Kier alpha value is -3.20. The molecule has 3 aromatic rings. The minimum absolute atomic E-state index is 0.171. The molecule has 0 amide bonds. The number of rotatable bonds is 5.